The van der Waals surface area contributed by atoms with E-state index in [-0.39, 0.29) is 17.0 Å². The number of rotatable bonds is 11. The molecule has 1 aromatic rings. The third-order valence-electron chi connectivity index (χ3n) is 3.19. The molecule has 0 spiro atoms. The molecule has 0 aromatic heterocycles. The average Bonchev–Trinajstić information content (AvgIpc) is 2.52. The van der Waals surface area contributed by atoms with Crippen molar-refractivity contribution in [2.75, 3.05) is 32.1 Å². The number of carbonyl (C=O) groups is 1. The van der Waals surface area contributed by atoms with Crippen molar-refractivity contribution in [3.8, 4) is 0 Å². The van der Waals surface area contributed by atoms with Crippen LogP contribution in [0, 0.1) is 0 Å². The van der Waals surface area contributed by atoms with Gasteiger partial charge in [-0.25, -0.2) is 17.9 Å². The van der Waals surface area contributed by atoms with E-state index in [0.717, 1.165) is 12.8 Å². The molecule has 8 heteroatoms. The Morgan fingerprint density at radius 2 is 2.00 bits per heavy atom. The first kappa shape index (κ1) is 19.4. The largest absolute Gasteiger partial charge is 0.478 e. The highest BCUT2D eigenvalue weighted by molar-refractivity contribution is 7.89. The lowest BCUT2D eigenvalue weighted by Gasteiger charge is -2.12. The third kappa shape index (κ3) is 6.17. The van der Waals surface area contributed by atoms with Gasteiger partial charge in [-0.15, -0.1) is 0 Å². The summed E-state index contributed by atoms with van der Waals surface area (Å²) in [4.78, 5) is 11.3. The first-order valence-electron chi connectivity index (χ1n) is 7.52. The molecule has 0 bridgehead atoms. The van der Waals surface area contributed by atoms with Gasteiger partial charge in [-0.3, -0.25) is 0 Å². The Labute approximate surface area is 137 Å². The van der Waals surface area contributed by atoms with Gasteiger partial charge in [0.15, 0.2) is 0 Å². The fourth-order valence-electron chi connectivity index (χ4n) is 1.93. The number of benzene rings is 1. The Morgan fingerprint density at radius 3 is 2.61 bits per heavy atom. The molecule has 0 aliphatic heterocycles. The quantitative estimate of drug-likeness (QED) is 0.530. The smallest absolute Gasteiger partial charge is 0.337 e. The van der Waals surface area contributed by atoms with Crippen molar-refractivity contribution in [2.24, 2.45) is 0 Å². The van der Waals surface area contributed by atoms with Crippen molar-refractivity contribution >= 4 is 21.7 Å². The maximum Gasteiger partial charge on any atom is 0.337 e. The van der Waals surface area contributed by atoms with Crippen LogP contribution >= 0.6 is 0 Å². The molecule has 0 atom stereocenters. The predicted molar refractivity (Wildman–Crippen MR) is 88.5 cm³/mol. The zero-order valence-corrected chi connectivity index (χ0v) is 14.3. The van der Waals surface area contributed by atoms with Crippen LogP contribution in [0.4, 0.5) is 5.69 Å². The van der Waals surface area contributed by atoms with E-state index in [9.17, 15) is 18.3 Å². The van der Waals surface area contributed by atoms with Gasteiger partial charge in [0.2, 0.25) is 10.0 Å². The normalized spacial score (nSPS) is 11.4. The number of anilines is 1. The van der Waals surface area contributed by atoms with E-state index in [4.69, 9.17) is 4.74 Å². The number of ether oxygens (including phenoxy) is 1. The summed E-state index contributed by atoms with van der Waals surface area (Å²) in [5.74, 6) is -1.17. The van der Waals surface area contributed by atoms with E-state index in [2.05, 4.69) is 10.0 Å². The SMILES string of the molecule is CCCCNc1ccc(S(=O)(=O)NCCCOC)cc1C(=O)O. The number of sulfonamides is 1. The van der Waals surface area contributed by atoms with Crippen molar-refractivity contribution in [1.29, 1.82) is 0 Å². The van der Waals surface area contributed by atoms with Crippen LogP contribution in [0.1, 0.15) is 36.5 Å². The zero-order valence-electron chi connectivity index (χ0n) is 13.5. The van der Waals surface area contributed by atoms with Gasteiger partial charge in [0.1, 0.15) is 0 Å². The lowest BCUT2D eigenvalue weighted by Crippen LogP contribution is -2.26. The summed E-state index contributed by atoms with van der Waals surface area (Å²) in [6.45, 7) is 3.35. The highest BCUT2D eigenvalue weighted by atomic mass is 32.2. The van der Waals surface area contributed by atoms with Crippen molar-refractivity contribution in [1.82, 2.24) is 4.72 Å². The maximum atomic E-state index is 12.2. The van der Waals surface area contributed by atoms with Crippen LogP contribution in [0.15, 0.2) is 23.1 Å². The summed E-state index contributed by atoms with van der Waals surface area (Å²) in [6.07, 6.45) is 2.42. The van der Waals surface area contributed by atoms with Crippen molar-refractivity contribution in [2.45, 2.75) is 31.1 Å². The number of hydrogen-bond donors (Lipinski definition) is 3. The Balaban J connectivity index is 2.91. The molecule has 130 valence electrons. The van der Waals surface area contributed by atoms with Gasteiger partial charge in [-0.05, 0) is 31.0 Å². The number of nitrogens with one attached hydrogen (secondary N) is 2. The summed E-state index contributed by atoms with van der Waals surface area (Å²) in [5, 5.41) is 12.3. The van der Waals surface area contributed by atoms with Gasteiger partial charge in [0.05, 0.1) is 10.5 Å². The van der Waals surface area contributed by atoms with Crippen LogP contribution in [0.5, 0.6) is 0 Å². The molecule has 0 saturated carbocycles. The molecule has 3 N–H and O–H groups in total. The standard InChI is InChI=1S/C15H24N2O5S/c1-3-4-8-16-14-7-6-12(11-13(14)15(18)19)23(20,21)17-9-5-10-22-2/h6-7,11,16-17H,3-5,8-10H2,1-2H3,(H,18,19). The summed E-state index contributed by atoms with van der Waals surface area (Å²) in [7, 11) is -2.20. The summed E-state index contributed by atoms with van der Waals surface area (Å²) in [5.41, 5.74) is 0.366. The van der Waals surface area contributed by atoms with Gasteiger partial charge in [0, 0.05) is 32.5 Å². The van der Waals surface area contributed by atoms with Crippen molar-refractivity contribution in [3.05, 3.63) is 23.8 Å². The molecule has 1 rings (SSSR count). The lowest BCUT2D eigenvalue weighted by molar-refractivity contribution is 0.0697. The van der Waals surface area contributed by atoms with E-state index in [1.807, 2.05) is 6.92 Å². The molecule has 1 aromatic carbocycles. The number of hydrogen-bond acceptors (Lipinski definition) is 5. The molecule has 0 fully saturated rings. The molecule has 0 heterocycles. The third-order valence-corrected chi connectivity index (χ3v) is 4.65. The highest BCUT2D eigenvalue weighted by Crippen LogP contribution is 2.21. The van der Waals surface area contributed by atoms with Gasteiger partial charge in [0.25, 0.3) is 0 Å². The molecular formula is C15H24N2O5S. The molecule has 0 aliphatic carbocycles. The molecule has 23 heavy (non-hydrogen) atoms. The Morgan fingerprint density at radius 1 is 1.26 bits per heavy atom. The second kappa shape index (κ2) is 9.49. The Kier molecular flexibility index (Phi) is 8.01. The fraction of sp³-hybridized carbons (Fsp3) is 0.533. The zero-order chi connectivity index (χ0) is 17.3. The first-order chi connectivity index (χ1) is 10.9. The maximum absolute atomic E-state index is 12.2. The van der Waals surface area contributed by atoms with E-state index in [0.29, 0.717) is 25.3 Å². The van der Waals surface area contributed by atoms with Crippen LogP contribution in [0.3, 0.4) is 0 Å². The molecule has 0 unspecified atom stereocenters. The number of unbranched alkanes of at least 4 members (excludes halogenated alkanes) is 1. The van der Waals surface area contributed by atoms with Crippen LogP contribution in [-0.4, -0.2) is 46.3 Å². The number of methoxy groups -OCH3 is 1. The van der Waals surface area contributed by atoms with E-state index in [1.54, 1.807) is 0 Å². The molecular weight excluding hydrogens is 320 g/mol. The van der Waals surface area contributed by atoms with E-state index in [1.165, 1.54) is 25.3 Å². The minimum Gasteiger partial charge on any atom is -0.478 e. The fourth-order valence-corrected chi connectivity index (χ4v) is 3.03. The number of carboxylic acid groups (broad SMARTS) is 1. The lowest BCUT2D eigenvalue weighted by atomic mass is 10.1. The first-order valence-corrected chi connectivity index (χ1v) is 9.00. The number of aromatic carboxylic acids is 1. The minimum atomic E-state index is -3.74. The topological polar surface area (TPSA) is 105 Å². The highest BCUT2D eigenvalue weighted by Gasteiger charge is 2.18. The summed E-state index contributed by atoms with van der Waals surface area (Å²) < 4.78 is 31.6. The summed E-state index contributed by atoms with van der Waals surface area (Å²) >= 11 is 0. The van der Waals surface area contributed by atoms with Gasteiger partial charge in [-0.1, -0.05) is 13.3 Å². The van der Waals surface area contributed by atoms with E-state index < -0.39 is 16.0 Å². The van der Waals surface area contributed by atoms with Gasteiger partial charge < -0.3 is 15.2 Å². The van der Waals surface area contributed by atoms with Crippen LogP contribution in [0.2, 0.25) is 0 Å². The van der Waals surface area contributed by atoms with Crippen LogP contribution in [0.25, 0.3) is 0 Å². The molecule has 0 aliphatic rings. The Hall–Kier alpha value is -1.64. The average molecular weight is 344 g/mol. The minimum absolute atomic E-state index is 0.0548. The van der Waals surface area contributed by atoms with Crippen molar-refractivity contribution < 1.29 is 23.1 Å². The van der Waals surface area contributed by atoms with Gasteiger partial charge in [-0.2, -0.15) is 0 Å². The second-order valence-electron chi connectivity index (χ2n) is 5.04. The number of carboxylic acids is 1. The molecule has 0 radical (unpaired) electrons. The monoisotopic (exact) mass is 344 g/mol. The predicted octanol–water partition coefficient (Wildman–Crippen LogP) is 1.91. The van der Waals surface area contributed by atoms with E-state index >= 15 is 0 Å². The van der Waals surface area contributed by atoms with Gasteiger partial charge >= 0.3 is 5.97 Å². The Bertz CT molecular complexity index is 616. The van der Waals surface area contributed by atoms with Crippen LogP contribution < -0.4 is 10.0 Å². The van der Waals surface area contributed by atoms with Crippen molar-refractivity contribution in [3.63, 3.8) is 0 Å². The summed E-state index contributed by atoms with van der Waals surface area (Å²) in [6, 6.07) is 4.07. The molecule has 0 amide bonds. The molecule has 0 saturated heterocycles. The second-order valence-corrected chi connectivity index (χ2v) is 6.80. The van der Waals surface area contributed by atoms with Crippen LogP contribution in [-0.2, 0) is 14.8 Å². The molecule has 7 nitrogen and oxygen atoms in total.